The standard InChI is InChI=1S/C16H24N2O2/c1-12(2)8-14-15(19)10-18(11-16(20)17-14)9-13-6-4-3-5-7-13/h3-7,12,14-15,19H,8-11H2,1-2H3,(H,17,20)/t14-,15?/m1/s1. The van der Waals surface area contributed by atoms with Gasteiger partial charge in [-0.3, -0.25) is 9.69 Å². The molecule has 20 heavy (non-hydrogen) atoms. The summed E-state index contributed by atoms with van der Waals surface area (Å²) in [5.74, 6) is 0.457. The molecule has 0 saturated carbocycles. The van der Waals surface area contributed by atoms with E-state index >= 15 is 0 Å². The molecule has 1 aliphatic rings. The third-order valence-corrected chi connectivity index (χ3v) is 3.60. The molecule has 1 aromatic carbocycles. The van der Waals surface area contributed by atoms with Crippen LogP contribution >= 0.6 is 0 Å². The van der Waals surface area contributed by atoms with Crippen molar-refractivity contribution in [3.8, 4) is 0 Å². The smallest absolute Gasteiger partial charge is 0.234 e. The van der Waals surface area contributed by atoms with Crippen molar-refractivity contribution in [3.05, 3.63) is 35.9 Å². The van der Waals surface area contributed by atoms with Crippen LogP contribution in [0, 0.1) is 5.92 Å². The van der Waals surface area contributed by atoms with Crippen LogP contribution < -0.4 is 5.32 Å². The van der Waals surface area contributed by atoms with E-state index in [1.54, 1.807) is 0 Å². The van der Waals surface area contributed by atoms with Crippen molar-refractivity contribution in [3.63, 3.8) is 0 Å². The van der Waals surface area contributed by atoms with Crippen LogP contribution in [0.4, 0.5) is 0 Å². The summed E-state index contributed by atoms with van der Waals surface area (Å²) in [7, 11) is 0. The lowest BCUT2D eigenvalue weighted by Crippen LogP contribution is -2.43. The number of nitrogens with one attached hydrogen (secondary N) is 1. The first-order valence-corrected chi connectivity index (χ1v) is 7.28. The van der Waals surface area contributed by atoms with E-state index in [-0.39, 0.29) is 11.9 Å². The van der Waals surface area contributed by atoms with Crippen molar-refractivity contribution in [2.75, 3.05) is 13.1 Å². The molecule has 1 aliphatic heterocycles. The third kappa shape index (κ3) is 4.32. The van der Waals surface area contributed by atoms with Crippen molar-refractivity contribution < 1.29 is 9.90 Å². The van der Waals surface area contributed by atoms with Crippen LogP contribution in [0.2, 0.25) is 0 Å². The van der Waals surface area contributed by atoms with Crippen LogP contribution in [0.3, 0.4) is 0 Å². The second-order valence-electron chi connectivity index (χ2n) is 6.03. The van der Waals surface area contributed by atoms with E-state index < -0.39 is 6.10 Å². The molecule has 4 heteroatoms. The largest absolute Gasteiger partial charge is 0.390 e. The second kappa shape index (κ2) is 6.86. The molecule has 1 unspecified atom stereocenters. The lowest BCUT2D eigenvalue weighted by atomic mass is 9.99. The number of benzene rings is 1. The topological polar surface area (TPSA) is 52.6 Å². The van der Waals surface area contributed by atoms with E-state index in [4.69, 9.17) is 0 Å². The summed E-state index contributed by atoms with van der Waals surface area (Å²) < 4.78 is 0. The molecule has 0 radical (unpaired) electrons. The number of aliphatic hydroxyl groups excluding tert-OH is 1. The first-order chi connectivity index (χ1) is 9.54. The molecule has 2 rings (SSSR count). The number of carbonyl (C=O) groups is 1. The zero-order valence-corrected chi connectivity index (χ0v) is 12.2. The maximum Gasteiger partial charge on any atom is 0.234 e. The SMILES string of the molecule is CC(C)C[C@H]1NC(=O)CN(Cc2ccccc2)CC1O. The summed E-state index contributed by atoms with van der Waals surface area (Å²) in [6.45, 7) is 5.78. The van der Waals surface area contributed by atoms with Gasteiger partial charge < -0.3 is 10.4 Å². The van der Waals surface area contributed by atoms with Gasteiger partial charge in [-0.2, -0.15) is 0 Å². The van der Waals surface area contributed by atoms with Crippen LogP contribution in [-0.4, -0.2) is 41.1 Å². The van der Waals surface area contributed by atoms with Crippen LogP contribution in [0.15, 0.2) is 30.3 Å². The lowest BCUT2D eigenvalue weighted by molar-refractivity contribution is -0.122. The van der Waals surface area contributed by atoms with Crippen molar-refractivity contribution >= 4 is 5.91 Å². The maximum absolute atomic E-state index is 12.0. The van der Waals surface area contributed by atoms with Gasteiger partial charge in [0.1, 0.15) is 0 Å². The first kappa shape index (κ1) is 15.0. The molecule has 0 aromatic heterocycles. The van der Waals surface area contributed by atoms with Gasteiger partial charge in [0, 0.05) is 13.1 Å². The highest BCUT2D eigenvalue weighted by Gasteiger charge is 2.29. The van der Waals surface area contributed by atoms with Crippen LogP contribution in [-0.2, 0) is 11.3 Å². The number of hydrogen-bond acceptors (Lipinski definition) is 3. The minimum absolute atomic E-state index is 0.00290. The molecule has 0 bridgehead atoms. The van der Waals surface area contributed by atoms with E-state index in [0.29, 0.717) is 25.6 Å². The quantitative estimate of drug-likeness (QED) is 0.874. The van der Waals surface area contributed by atoms with Gasteiger partial charge in [0.2, 0.25) is 5.91 Å². The molecule has 2 N–H and O–H groups in total. The number of amides is 1. The Labute approximate surface area is 120 Å². The van der Waals surface area contributed by atoms with Crippen molar-refractivity contribution in [1.29, 1.82) is 0 Å². The number of aliphatic hydroxyl groups is 1. The van der Waals surface area contributed by atoms with Crippen LogP contribution in [0.5, 0.6) is 0 Å². The highest BCUT2D eigenvalue weighted by molar-refractivity contribution is 5.78. The van der Waals surface area contributed by atoms with Gasteiger partial charge in [0.05, 0.1) is 18.7 Å². The molecule has 1 saturated heterocycles. The van der Waals surface area contributed by atoms with Gasteiger partial charge in [-0.1, -0.05) is 44.2 Å². The van der Waals surface area contributed by atoms with Crippen LogP contribution in [0.1, 0.15) is 25.8 Å². The summed E-state index contributed by atoms with van der Waals surface area (Å²) >= 11 is 0. The molecule has 4 nitrogen and oxygen atoms in total. The Kier molecular flexibility index (Phi) is 5.15. The maximum atomic E-state index is 12.0. The monoisotopic (exact) mass is 276 g/mol. The first-order valence-electron chi connectivity index (χ1n) is 7.28. The van der Waals surface area contributed by atoms with Gasteiger partial charge in [-0.05, 0) is 17.9 Å². The molecule has 2 atom stereocenters. The lowest BCUT2D eigenvalue weighted by Gasteiger charge is -2.25. The number of nitrogens with zero attached hydrogens (tertiary/aromatic N) is 1. The fourth-order valence-corrected chi connectivity index (χ4v) is 2.69. The van der Waals surface area contributed by atoms with E-state index in [0.717, 1.165) is 12.0 Å². The van der Waals surface area contributed by atoms with Gasteiger partial charge in [-0.15, -0.1) is 0 Å². The van der Waals surface area contributed by atoms with Gasteiger partial charge >= 0.3 is 0 Å². The van der Waals surface area contributed by atoms with E-state index in [9.17, 15) is 9.90 Å². The minimum Gasteiger partial charge on any atom is -0.390 e. The number of hydrogen-bond donors (Lipinski definition) is 2. The summed E-state index contributed by atoms with van der Waals surface area (Å²) in [4.78, 5) is 14.0. The Morgan fingerprint density at radius 3 is 2.70 bits per heavy atom. The highest BCUT2D eigenvalue weighted by atomic mass is 16.3. The molecule has 0 aliphatic carbocycles. The average molecular weight is 276 g/mol. The van der Waals surface area contributed by atoms with Crippen molar-refractivity contribution in [2.24, 2.45) is 5.92 Å². The van der Waals surface area contributed by atoms with Crippen molar-refractivity contribution in [2.45, 2.75) is 39.0 Å². The average Bonchev–Trinajstić information content (AvgIpc) is 2.49. The Balaban J connectivity index is 2.00. The van der Waals surface area contributed by atoms with Gasteiger partial charge in [0.25, 0.3) is 0 Å². The Hall–Kier alpha value is -1.39. The predicted octanol–water partition coefficient (Wildman–Crippen LogP) is 1.39. The molecular weight excluding hydrogens is 252 g/mol. The summed E-state index contributed by atoms with van der Waals surface area (Å²) in [5, 5.41) is 13.3. The zero-order valence-electron chi connectivity index (χ0n) is 12.2. The summed E-state index contributed by atoms with van der Waals surface area (Å²) in [6.07, 6.45) is 0.305. The van der Waals surface area contributed by atoms with E-state index in [1.165, 1.54) is 0 Å². The summed E-state index contributed by atoms with van der Waals surface area (Å²) in [6, 6.07) is 9.91. The van der Waals surface area contributed by atoms with Gasteiger partial charge in [-0.25, -0.2) is 0 Å². The fourth-order valence-electron chi connectivity index (χ4n) is 2.69. The second-order valence-corrected chi connectivity index (χ2v) is 6.03. The minimum atomic E-state index is -0.507. The molecule has 1 amide bonds. The third-order valence-electron chi connectivity index (χ3n) is 3.60. The van der Waals surface area contributed by atoms with E-state index in [2.05, 4.69) is 19.2 Å². The Bertz CT molecular complexity index is 433. The molecule has 1 aromatic rings. The predicted molar refractivity (Wildman–Crippen MR) is 79.1 cm³/mol. The zero-order chi connectivity index (χ0) is 14.5. The number of rotatable bonds is 4. The van der Waals surface area contributed by atoms with Crippen LogP contribution in [0.25, 0.3) is 0 Å². The number of β-amino-alcohol motifs (C(OH)–C–C–N with tert-alkyl or cyclic N) is 1. The Morgan fingerprint density at radius 2 is 2.05 bits per heavy atom. The normalized spacial score (nSPS) is 24.5. The molecular formula is C16H24N2O2. The number of carbonyl (C=O) groups excluding carboxylic acids is 1. The Morgan fingerprint density at radius 1 is 1.35 bits per heavy atom. The van der Waals surface area contributed by atoms with Crippen molar-refractivity contribution in [1.82, 2.24) is 10.2 Å². The van der Waals surface area contributed by atoms with E-state index in [1.807, 2.05) is 35.2 Å². The molecule has 0 spiro atoms. The highest BCUT2D eigenvalue weighted by Crippen LogP contribution is 2.14. The molecule has 1 heterocycles. The molecule has 1 fully saturated rings. The fraction of sp³-hybridized carbons (Fsp3) is 0.562. The van der Waals surface area contributed by atoms with Gasteiger partial charge in [0.15, 0.2) is 0 Å². The molecule has 110 valence electrons. The summed E-state index contributed by atoms with van der Waals surface area (Å²) in [5.41, 5.74) is 1.16.